The number of aromatic nitrogens is 8. The van der Waals surface area contributed by atoms with E-state index < -0.39 is 45.0 Å². The van der Waals surface area contributed by atoms with E-state index >= 15 is 0 Å². The Kier molecular flexibility index (Phi) is 7.85. The Balaban J connectivity index is 1.40. The second-order valence-corrected chi connectivity index (χ2v) is 19.6. The quantitative estimate of drug-likeness (QED) is 0.111. The molecule has 2 aliphatic rings. The summed E-state index contributed by atoms with van der Waals surface area (Å²) in [6.45, 7) is 6.32. The van der Waals surface area contributed by atoms with Crippen molar-refractivity contribution in [2.45, 2.75) is 40.9 Å². The van der Waals surface area contributed by atoms with E-state index in [9.17, 15) is 38.9 Å². The zero-order valence-corrected chi connectivity index (χ0v) is 33.7. The normalized spacial score (nSPS) is 13.2. The van der Waals surface area contributed by atoms with Crippen molar-refractivity contribution >= 4 is 85.3 Å². The van der Waals surface area contributed by atoms with E-state index in [0.29, 0.717) is 27.4 Å². The second-order valence-electron chi connectivity index (χ2n) is 15.4. The number of benzene rings is 5. The van der Waals surface area contributed by atoms with E-state index in [1.807, 2.05) is 18.2 Å². The summed E-state index contributed by atoms with van der Waals surface area (Å²) in [6, 6.07) is 21.4. The van der Waals surface area contributed by atoms with Gasteiger partial charge in [0.2, 0.25) is 0 Å². The highest BCUT2D eigenvalue weighted by atomic mass is 32.2. The summed E-state index contributed by atoms with van der Waals surface area (Å²) < 4.78 is 104. The zero-order chi connectivity index (χ0) is 42.3. The van der Waals surface area contributed by atoms with Gasteiger partial charge in [-0.2, -0.15) is 25.3 Å². The molecule has 0 spiro atoms. The van der Waals surface area contributed by atoms with Crippen molar-refractivity contribution in [1.82, 2.24) is 39.9 Å². The monoisotopic (exact) mass is 860 g/mol. The topological polar surface area (TPSA) is 272 Å². The molecule has 0 radical (unpaired) electrons. The zero-order valence-electron chi connectivity index (χ0n) is 31.3. The van der Waals surface area contributed by atoms with Crippen molar-refractivity contribution in [3.8, 4) is 45.6 Å². The minimum atomic E-state index is -4.70. The van der Waals surface area contributed by atoms with Crippen LogP contribution in [0.5, 0.6) is 0 Å². The minimum Gasteiger partial charge on any atom is -0.324 e. The van der Waals surface area contributed by atoms with Crippen molar-refractivity contribution in [2.24, 2.45) is 0 Å². The molecule has 0 aliphatic carbocycles. The molecule has 300 valence electrons. The van der Waals surface area contributed by atoms with Gasteiger partial charge in [0.25, 0.3) is 30.4 Å². The van der Waals surface area contributed by atoms with Crippen LogP contribution in [-0.2, 0) is 35.8 Å². The molecule has 0 unspecified atom stereocenters. The van der Waals surface area contributed by atoms with Crippen LogP contribution in [0.1, 0.15) is 26.3 Å². The van der Waals surface area contributed by atoms with Gasteiger partial charge in [-0.3, -0.25) is 13.7 Å². The molecule has 0 saturated carbocycles. The van der Waals surface area contributed by atoms with E-state index in [4.69, 9.17) is 24.9 Å². The van der Waals surface area contributed by atoms with E-state index in [2.05, 4.69) is 47.9 Å². The highest BCUT2D eigenvalue weighted by Crippen LogP contribution is 2.40. The van der Waals surface area contributed by atoms with Crippen molar-refractivity contribution in [2.75, 3.05) is 0 Å². The number of aromatic amines is 2. The smallest absolute Gasteiger partial charge is 0.294 e. The summed E-state index contributed by atoms with van der Waals surface area (Å²) in [5.74, 6) is -0.0417. The molecular formula is C40H28N8O9S3. The minimum absolute atomic E-state index is 0.0240. The van der Waals surface area contributed by atoms with Crippen LogP contribution in [0.3, 0.4) is 0 Å². The second kappa shape index (κ2) is 12.5. The first kappa shape index (κ1) is 37.7. The predicted molar refractivity (Wildman–Crippen MR) is 222 cm³/mol. The average Bonchev–Trinajstić information content (AvgIpc) is 3.90. The SMILES string of the molecule is CC(C)(C)c1ccc2cc3c4nc5nc(nc6nc(nc7[nH]c(nc([nH]4)c3cc2c1)c1cc(S(=O)(=O)O)ccc71)-c1cc(S(=O)(=O)O)ccc1-6)-c1cc(S(=O)(=O)O)ccc1-5. The third-order valence-corrected chi connectivity index (χ3v) is 13.0. The number of rotatable bonds is 3. The number of nitrogens with one attached hydrogen (secondary N) is 2. The molecule has 5 heterocycles. The van der Waals surface area contributed by atoms with Crippen molar-refractivity contribution in [3.05, 3.63) is 90.5 Å². The summed E-state index contributed by atoms with van der Waals surface area (Å²) >= 11 is 0. The maximum atomic E-state index is 12.4. The van der Waals surface area contributed by atoms with Gasteiger partial charge in [0.15, 0.2) is 23.3 Å². The molecule has 0 atom stereocenters. The van der Waals surface area contributed by atoms with Gasteiger partial charge in [-0.1, -0.05) is 39.0 Å². The molecule has 0 saturated heterocycles. The lowest BCUT2D eigenvalue weighted by molar-refractivity contribution is 0.481. The van der Waals surface area contributed by atoms with Crippen molar-refractivity contribution < 1.29 is 38.9 Å². The predicted octanol–water partition coefficient (Wildman–Crippen LogP) is 7.06. The lowest BCUT2D eigenvalue weighted by Gasteiger charge is -2.19. The fourth-order valence-corrected chi connectivity index (χ4v) is 8.94. The first-order chi connectivity index (χ1) is 28.2. The fraction of sp³-hybridized carbons (Fsp3) is 0.100. The summed E-state index contributed by atoms with van der Waals surface area (Å²) in [6.07, 6.45) is 0. The molecule has 5 N–H and O–H groups in total. The van der Waals surface area contributed by atoms with Crippen LogP contribution in [0, 0.1) is 0 Å². The van der Waals surface area contributed by atoms with Gasteiger partial charge in [-0.15, -0.1) is 0 Å². The number of fused-ring (bicyclic) bond motifs is 21. The first-order valence-corrected chi connectivity index (χ1v) is 22.3. The number of hydrogen-bond donors (Lipinski definition) is 5. The van der Waals surface area contributed by atoms with Crippen molar-refractivity contribution in [3.63, 3.8) is 0 Å². The Morgan fingerprint density at radius 3 is 1.37 bits per heavy atom. The fourth-order valence-electron chi connectivity index (χ4n) is 7.42. The number of nitrogens with zero attached hydrogens (tertiary/aromatic N) is 6. The Hall–Kier alpha value is -6.55. The number of H-pyrrole nitrogens is 2. The maximum absolute atomic E-state index is 12.4. The summed E-state index contributed by atoms with van der Waals surface area (Å²) in [7, 11) is -14.0. The molecule has 20 heteroatoms. The van der Waals surface area contributed by atoms with Crippen LogP contribution in [0.4, 0.5) is 0 Å². The molecule has 0 amide bonds. The van der Waals surface area contributed by atoms with Gasteiger partial charge in [0.05, 0.1) is 14.7 Å². The summed E-state index contributed by atoms with van der Waals surface area (Å²) in [5.41, 5.74) is 2.69. The standard InChI is InChI=1S/C40H28N8O9S3/c1-40(2,3)20-5-4-18-13-27-28(14-19(18)12-20)36-47-35(27)41-32-24-9-6-21(58(49,50)51)15-29(24)37(42-32)43-33-25-10-7-22(59(52,53)54)16-30(25)38(44-33)45-34-26-11-8-23(60(55,56)57)17-31(26)39(46-34)48-36/h4-17H,1-3H3,(H,49,50,51)(H,52,53,54)(H,55,56,57)(H2,41,42,43,44,45,46,47,48). The Morgan fingerprint density at radius 2 is 0.833 bits per heavy atom. The van der Waals surface area contributed by atoms with Gasteiger partial charge in [-0.05, 0) is 88.5 Å². The number of hydrogen-bond acceptors (Lipinski definition) is 12. The summed E-state index contributed by atoms with van der Waals surface area (Å²) in [4.78, 5) is 33.8. The highest BCUT2D eigenvalue weighted by molar-refractivity contribution is 7.86. The molecule has 8 bridgehead atoms. The third-order valence-electron chi connectivity index (χ3n) is 10.5. The Labute approximate surface area is 339 Å². The van der Waals surface area contributed by atoms with E-state index in [0.717, 1.165) is 28.5 Å². The lowest BCUT2D eigenvalue weighted by atomic mass is 9.86. The maximum Gasteiger partial charge on any atom is 0.294 e. The molecule has 2 aliphatic heterocycles. The van der Waals surface area contributed by atoms with Gasteiger partial charge in [0.1, 0.15) is 22.6 Å². The Bertz CT molecular complexity index is 3800. The molecule has 17 nitrogen and oxygen atoms in total. The van der Waals surface area contributed by atoms with Crippen LogP contribution in [-0.4, -0.2) is 78.8 Å². The largest absolute Gasteiger partial charge is 0.324 e. The first-order valence-electron chi connectivity index (χ1n) is 18.0. The van der Waals surface area contributed by atoms with Crippen LogP contribution >= 0.6 is 0 Å². The van der Waals surface area contributed by atoms with Crippen LogP contribution in [0.2, 0.25) is 0 Å². The molecule has 3 aromatic heterocycles. The third kappa shape index (κ3) is 6.19. The van der Waals surface area contributed by atoms with Gasteiger partial charge < -0.3 is 9.97 Å². The molecule has 60 heavy (non-hydrogen) atoms. The molecule has 5 aromatic carbocycles. The molecular weight excluding hydrogens is 833 g/mol. The summed E-state index contributed by atoms with van der Waals surface area (Å²) in [5, 5.41) is 3.62. The van der Waals surface area contributed by atoms with Crippen LogP contribution in [0.15, 0.2) is 99.6 Å². The Morgan fingerprint density at radius 1 is 0.417 bits per heavy atom. The molecule has 10 rings (SSSR count). The highest BCUT2D eigenvalue weighted by Gasteiger charge is 2.27. The van der Waals surface area contributed by atoms with E-state index in [-0.39, 0.29) is 67.7 Å². The molecule has 8 aromatic rings. The van der Waals surface area contributed by atoms with Crippen molar-refractivity contribution in [1.29, 1.82) is 0 Å². The van der Waals surface area contributed by atoms with E-state index in [1.165, 1.54) is 42.5 Å². The van der Waals surface area contributed by atoms with Gasteiger partial charge in [0, 0.05) is 43.8 Å². The average molecular weight is 861 g/mol. The van der Waals surface area contributed by atoms with Crippen LogP contribution in [0.25, 0.3) is 100 Å². The van der Waals surface area contributed by atoms with E-state index in [1.54, 1.807) is 0 Å². The van der Waals surface area contributed by atoms with Gasteiger partial charge in [-0.25, -0.2) is 29.9 Å². The van der Waals surface area contributed by atoms with Crippen LogP contribution < -0.4 is 0 Å². The molecule has 0 fully saturated rings. The lowest BCUT2D eigenvalue weighted by Crippen LogP contribution is -2.10. The van der Waals surface area contributed by atoms with Gasteiger partial charge >= 0.3 is 0 Å².